The van der Waals surface area contributed by atoms with Crippen LogP contribution >= 0.6 is 0 Å². The molecule has 0 atom stereocenters. The summed E-state index contributed by atoms with van der Waals surface area (Å²) in [7, 11) is 0. The van der Waals surface area contributed by atoms with E-state index in [1.54, 1.807) is 10.6 Å². The lowest BCUT2D eigenvalue weighted by molar-refractivity contribution is 0.442. The minimum atomic E-state index is 0.0775. The zero-order valence-corrected chi connectivity index (χ0v) is 7.60. The Morgan fingerprint density at radius 2 is 2.23 bits per heavy atom. The van der Waals surface area contributed by atoms with Gasteiger partial charge in [0.1, 0.15) is 0 Å². The van der Waals surface area contributed by atoms with E-state index in [0.717, 1.165) is 5.56 Å². The van der Waals surface area contributed by atoms with Crippen LogP contribution in [0, 0.1) is 0 Å². The highest BCUT2D eigenvalue weighted by Gasteiger charge is 2.09. The molecule has 2 aromatic rings. The summed E-state index contributed by atoms with van der Waals surface area (Å²) in [5, 5.41) is 9.53. The van der Waals surface area contributed by atoms with Gasteiger partial charge < -0.3 is 5.11 Å². The molecule has 2 rings (SSSR count). The highest BCUT2D eigenvalue weighted by atomic mass is 16.3. The summed E-state index contributed by atoms with van der Waals surface area (Å²) in [4.78, 5) is 7.94. The fraction of sp³-hybridized carbons (Fsp3) is 0.333. The van der Waals surface area contributed by atoms with Gasteiger partial charge in [0.2, 0.25) is 11.7 Å². The van der Waals surface area contributed by atoms with Crippen molar-refractivity contribution >= 4 is 5.78 Å². The summed E-state index contributed by atoms with van der Waals surface area (Å²) in [6.07, 6.45) is 5.33. The van der Waals surface area contributed by atoms with Crippen molar-refractivity contribution in [3.05, 3.63) is 24.2 Å². The number of aromatic hydroxyl groups is 1. The van der Waals surface area contributed by atoms with E-state index in [0.29, 0.717) is 5.78 Å². The van der Waals surface area contributed by atoms with E-state index < -0.39 is 0 Å². The van der Waals surface area contributed by atoms with Gasteiger partial charge in [0, 0.05) is 24.2 Å². The standard InChI is InChI=1S/C9H11N3O/c1-6(2)7-5-12-4-3-10-9(12)11-8(7)13/h3-6H,1-2H3,(H,10,11,13). The molecule has 2 heterocycles. The first-order valence-corrected chi connectivity index (χ1v) is 4.21. The largest absolute Gasteiger partial charge is 0.493 e. The van der Waals surface area contributed by atoms with Crippen LogP contribution in [0.1, 0.15) is 25.3 Å². The fourth-order valence-electron chi connectivity index (χ4n) is 1.27. The number of hydrogen-bond donors (Lipinski definition) is 1. The zero-order chi connectivity index (χ0) is 9.42. The smallest absolute Gasteiger partial charge is 0.237 e. The quantitative estimate of drug-likeness (QED) is 0.719. The minimum Gasteiger partial charge on any atom is -0.493 e. The van der Waals surface area contributed by atoms with E-state index in [1.807, 2.05) is 26.2 Å². The van der Waals surface area contributed by atoms with E-state index >= 15 is 0 Å². The third-order valence-corrected chi connectivity index (χ3v) is 2.01. The number of rotatable bonds is 1. The van der Waals surface area contributed by atoms with Crippen molar-refractivity contribution in [1.29, 1.82) is 0 Å². The van der Waals surface area contributed by atoms with Crippen LogP contribution in [-0.2, 0) is 0 Å². The normalized spacial score (nSPS) is 11.3. The molecule has 0 fully saturated rings. The van der Waals surface area contributed by atoms with Gasteiger partial charge in [-0.1, -0.05) is 13.8 Å². The lowest BCUT2D eigenvalue weighted by Crippen LogP contribution is -1.96. The van der Waals surface area contributed by atoms with Gasteiger partial charge in [-0.05, 0) is 5.92 Å². The maximum atomic E-state index is 9.53. The van der Waals surface area contributed by atoms with Crippen molar-refractivity contribution in [2.45, 2.75) is 19.8 Å². The van der Waals surface area contributed by atoms with Crippen molar-refractivity contribution in [1.82, 2.24) is 14.4 Å². The number of nitrogens with zero attached hydrogens (tertiary/aromatic N) is 3. The summed E-state index contributed by atoms with van der Waals surface area (Å²) >= 11 is 0. The summed E-state index contributed by atoms with van der Waals surface area (Å²) in [5.41, 5.74) is 0.838. The van der Waals surface area contributed by atoms with Crippen LogP contribution in [-0.4, -0.2) is 19.5 Å². The highest BCUT2D eigenvalue weighted by Crippen LogP contribution is 2.22. The Hall–Kier alpha value is -1.58. The van der Waals surface area contributed by atoms with Crippen LogP contribution in [0.25, 0.3) is 5.78 Å². The third-order valence-electron chi connectivity index (χ3n) is 2.01. The van der Waals surface area contributed by atoms with Gasteiger partial charge in [-0.2, -0.15) is 4.98 Å². The first kappa shape index (κ1) is 8.04. The van der Waals surface area contributed by atoms with Crippen molar-refractivity contribution in [2.24, 2.45) is 0 Å². The van der Waals surface area contributed by atoms with Gasteiger partial charge in [0.15, 0.2) is 0 Å². The topological polar surface area (TPSA) is 50.4 Å². The Labute approximate surface area is 75.9 Å². The predicted octanol–water partition coefficient (Wildman–Crippen LogP) is 1.56. The molecule has 0 spiro atoms. The zero-order valence-electron chi connectivity index (χ0n) is 7.60. The fourth-order valence-corrected chi connectivity index (χ4v) is 1.27. The lowest BCUT2D eigenvalue weighted by atomic mass is 10.1. The first-order valence-electron chi connectivity index (χ1n) is 4.21. The summed E-state index contributed by atoms with van der Waals surface area (Å²) < 4.78 is 1.80. The van der Waals surface area contributed by atoms with Gasteiger partial charge in [0.05, 0.1) is 0 Å². The van der Waals surface area contributed by atoms with Crippen LogP contribution in [0.2, 0.25) is 0 Å². The van der Waals surface area contributed by atoms with Crippen LogP contribution in [0.5, 0.6) is 5.88 Å². The van der Waals surface area contributed by atoms with Crippen molar-refractivity contribution in [3.8, 4) is 5.88 Å². The average Bonchev–Trinajstić information content (AvgIpc) is 2.48. The van der Waals surface area contributed by atoms with Crippen LogP contribution in [0.15, 0.2) is 18.6 Å². The molecule has 0 bridgehead atoms. The molecular weight excluding hydrogens is 166 g/mol. The van der Waals surface area contributed by atoms with E-state index in [2.05, 4.69) is 9.97 Å². The number of hydrogen-bond acceptors (Lipinski definition) is 3. The molecule has 0 aliphatic heterocycles. The van der Waals surface area contributed by atoms with Gasteiger partial charge >= 0.3 is 0 Å². The second-order valence-electron chi connectivity index (χ2n) is 3.31. The van der Waals surface area contributed by atoms with E-state index in [4.69, 9.17) is 0 Å². The van der Waals surface area contributed by atoms with Crippen LogP contribution < -0.4 is 0 Å². The lowest BCUT2D eigenvalue weighted by Gasteiger charge is -2.06. The SMILES string of the molecule is CC(C)c1cn2ccnc2nc1O. The number of aromatic nitrogens is 3. The molecule has 13 heavy (non-hydrogen) atoms. The monoisotopic (exact) mass is 177 g/mol. The van der Waals surface area contributed by atoms with Gasteiger partial charge in [-0.25, -0.2) is 4.98 Å². The minimum absolute atomic E-state index is 0.0775. The van der Waals surface area contributed by atoms with E-state index in [1.165, 1.54) is 0 Å². The Morgan fingerprint density at radius 1 is 1.46 bits per heavy atom. The third kappa shape index (κ3) is 1.24. The van der Waals surface area contributed by atoms with Gasteiger partial charge in [0.25, 0.3) is 0 Å². The molecular formula is C9H11N3O. The highest BCUT2D eigenvalue weighted by molar-refractivity contribution is 5.37. The van der Waals surface area contributed by atoms with Crippen LogP contribution in [0.3, 0.4) is 0 Å². The van der Waals surface area contributed by atoms with Gasteiger partial charge in [-0.3, -0.25) is 4.40 Å². The van der Waals surface area contributed by atoms with Crippen molar-refractivity contribution < 1.29 is 5.11 Å². The molecule has 0 aliphatic rings. The molecule has 0 aromatic carbocycles. The second-order valence-corrected chi connectivity index (χ2v) is 3.31. The molecule has 0 radical (unpaired) electrons. The summed E-state index contributed by atoms with van der Waals surface area (Å²) in [6, 6.07) is 0. The first-order chi connectivity index (χ1) is 6.18. The second kappa shape index (κ2) is 2.73. The van der Waals surface area contributed by atoms with E-state index in [-0.39, 0.29) is 11.8 Å². The molecule has 0 amide bonds. The van der Waals surface area contributed by atoms with Crippen LogP contribution in [0.4, 0.5) is 0 Å². The molecule has 68 valence electrons. The van der Waals surface area contributed by atoms with E-state index in [9.17, 15) is 5.11 Å². The Bertz CT molecular complexity index is 433. The molecule has 0 unspecified atom stereocenters. The maximum absolute atomic E-state index is 9.53. The Kier molecular flexibility index (Phi) is 1.69. The predicted molar refractivity (Wildman–Crippen MR) is 48.7 cm³/mol. The number of imidazole rings is 1. The Balaban J connectivity index is 2.69. The molecule has 4 heteroatoms. The Morgan fingerprint density at radius 3 is 2.92 bits per heavy atom. The number of fused-ring (bicyclic) bond motifs is 1. The molecule has 0 saturated heterocycles. The average molecular weight is 177 g/mol. The molecule has 4 nitrogen and oxygen atoms in total. The van der Waals surface area contributed by atoms with Crippen molar-refractivity contribution in [2.75, 3.05) is 0 Å². The maximum Gasteiger partial charge on any atom is 0.237 e. The molecule has 0 saturated carbocycles. The van der Waals surface area contributed by atoms with Crippen molar-refractivity contribution in [3.63, 3.8) is 0 Å². The van der Waals surface area contributed by atoms with Gasteiger partial charge in [-0.15, -0.1) is 0 Å². The summed E-state index contributed by atoms with van der Waals surface area (Å²) in [5.74, 6) is 0.870. The molecule has 1 N–H and O–H groups in total. The summed E-state index contributed by atoms with van der Waals surface area (Å²) in [6.45, 7) is 4.03. The molecule has 2 aromatic heterocycles. The molecule has 0 aliphatic carbocycles.